The summed E-state index contributed by atoms with van der Waals surface area (Å²) in [4.78, 5) is 4.10. The molecule has 0 unspecified atom stereocenters. The Hall–Kier alpha value is -1.97. The summed E-state index contributed by atoms with van der Waals surface area (Å²) in [6, 6.07) is 6.16. The molecule has 7 nitrogen and oxygen atoms in total. The number of nitrogens with zero attached hydrogens (tertiary/aromatic N) is 1. The van der Waals surface area contributed by atoms with Crippen LogP contribution in [-0.4, -0.2) is 51.7 Å². The first kappa shape index (κ1) is 20.8. The van der Waals surface area contributed by atoms with Gasteiger partial charge in [0.1, 0.15) is 5.75 Å². The van der Waals surface area contributed by atoms with Crippen molar-refractivity contribution in [2.75, 3.05) is 18.6 Å². The topological polar surface area (TPSA) is 102 Å². The molecule has 1 aliphatic heterocycles. The number of ether oxygens (including phenoxy) is 1. The van der Waals surface area contributed by atoms with Gasteiger partial charge in [0.05, 0.1) is 28.8 Å². The number of benzene rings is 1. The highest BCUT2D eigenvalue weighted by Gasteiger charge is 2.46. The first-order valence-electron chi connectivity index (χ1n) is 8.86. The quantitative estimate of drug-likeness (QED) is 0.748. The number of pyridine rings is 1. The van der Waals surface area contributed by atoms with Crippen LogP contribution in [0.25, 0.3) is 0 Å². The molecule has 2 aromatic rings. The lowest BCUT2D eigenvalue weighted by molar-refractivity contribution is 0.411. The van der Waals surface area contributed by atoms with Crippen LogP contribution in [0.4, 0.5) is 0 Å². The number of sulfone groups is 2. The molecule has 3 rings (SSSR count). The van der Waals surface area contributed by atoms with Crippen LogP contribution < -0.4 is 10.1 Å². The molecule has 1 aromatic carbocycles. The second kappa shape index (κ2) is 7.81. The fraction of sp³-hybridized carbons (Fsp3) is 0.421. The zero-order valence-electron chi connectivity index (χ0n) is 16.0. The number of aryl methyl sites for hydroxylation is 2. The van der Waals surface area contributed by atoms with Crippen molar-refractivity contribution < 1.29 is 21.6 Å². The molecule has 28 heavy (non-hydrogen) atoms. The van der Waals surface area contributed by atoms with Crippen molar-refractivity contribution >= 4 is 19.7 Å². The van der Waals surface area contributed by atoms with E-state index in [-0.39, 0.29) is 16.4 Å². The van der Waals surface area contributed by atoms with E-state index >= 15 is 0 Å². The van der Waals surface area contributed by atoms with E-state index in [0.717, 1.165) is 5.56 Å². The van der Waals surface area contributed by atoms with Gasteiger partial charge in [0.15, 0.2) is 19.7 Å². The minimum atomic E-state index is -3.85. The maximum atomic E-state index is 13.4. The van der Waals surface area contributed by atoms with Crippen LogP contribution >= 0.6 is 0 Å². The van der Waals surface area contributed by atoms with Crippen LogP contribution in [-0.2, 0) is 26.2 Å². The second-order valence-corrected chi connectivity index (χ2v) is 11.4. The van der Waals surface area contributed by atoms with Gasteiger partial charge in [-0.2, -0.15) is 0 Å². The number of methoxy groups -OCH3 is 1. The number of hydrogen-bond donors (Lipinski definition) is 1. The van der Waals surface area contributed by atoms with E-state index in [1.807, 2.05) is 0 Å². The van der Waals surface area contributed by atoms with Gasteiger partial charge < -0.3 is 10.1 Å². The summed E-state index contributed by atoms with van der Waals surface area (Å²) in [5.41, 5.74) is 2.14. The minimum Gasteiger partial charge on any atom is -0.496 e. The van der Waals surface area contributed by atoms with Gasteiger partial charge in [-0.3, -0.25) is 4.98 Å². The smallest absolute Gasteiger partial charge is 0.184 e. The van der Waals surface area contributed by atoms with Crippen molar-refractivity contribution in [3.05, 3.63) is 53.3 Å². The predicted octanol–water partition coefficient (Wildman–Crippen LogP) is 1.44. The van der Waals surface area contributed by atoms with Gasteiger partial charge in [0, 0.05) is 25.0 Å². The van der Waals surface area contributed by atoms with E-state index in [0.29, 0.717) is 23.4 Å². The van der Waals surface area contributed by atoms with Crippen LogP contribution in [0.5, 0.6) is 5.75 Å². The van der Waals surface area contributed by atoms with Crippen molar-refractivity contribution in [1.29, 1.82) is 0 Å². The Morgan fingerprint density at radius 1 is 1.14 bits per heavy atom. The zero-order valence-corrected chi connectivity index (χ0v) is 17.7. The zero-order chi connectivity index (χ0) is 20.5. The molecule has 2 heterocycles. The summed E-state index contributed by atoms with van der Waals surface area (Å²) >= 11 is 0. The van der Waals surface area contributed by atoms with Crippen molar-refractivity contribution in [3.63, 3.8) is 0 Å². The van der Waals surface area contributed by atoms with Gasteiger partial charge in [0.25, 0.3) is 0 Å². The molecule has 0 amide bonds. The third-order valence-corrected chi connectivity index (χ3v) is 9.31. The number of rotatable bonds is 6. The molecule has 1 aliphatic rings. The van der Waals surface area contributed by atoms with Gasteiger partial charge in [-0.15, -0.1) is 0 Å². The van der Waals surface area contributed by atoms with Gasteiger partial charge in [-0.05, 0) is 54.8 Å². The molecule has 1 aromatic heterocycles. The average Bonchev–Trinajstić information content (AvgIpc) is 2.97. The molecule has 152 valence electrons. The summed E-state index contributed by atoms with van der Waals surface area (Å²) in [6.45, 7) is 3.83. The molecular formula is C19H24N2O5S2. The molecule has 1 saturated heterocycles. The van der Waals surface area contributed by atoms with E-state index in [4.69, 9.17) is 4.74 Å². The van der Waals surface area contributed by atoms with Gasteiger partial charge in [0.2, 0.25) is 0 Å². The lowest BCUT2D eigenvalue weighted by Gasteiger charge is -2.21. The fourth-order valence-corrected chi connectivity index (χ4v) is 8.54. The van der Waals surface area contributed by atoms with Crippen LogP contribution in [0.3, 0.4) is 0 Å². The average molecular weight is 425 g/mol. The SMILES string of the molecule is COc1cc(C)c(S(=O)(=O)[C@H]2CS(=O)(=O)C[C@@H]2NCc2ccncc2)cc1C. The Balaban J connectivity index is 1.93. The standard InChI is InChI=1S/C19H24N2O5S2/c1-13-9-18(14(2)8-17(13)26-3)28(24,25)19-12-27(22,23)11-16(19)21-10-15-4-6-20-7-5-15/h4-9,16,19,21H,10-12H2,1-3H3/t16-,19-/m0/s1. The maximum Gasteiger partial charge on any atom is 0.184 e. The molecule has 0 radical (unpaired) electrons. The molecule has 0 aliphatic carbocycles. The molecule has 0 spiro atoms. The Kier molecular flexibility index (Phi) is 5.79. The van der Waals surface area contributed by atoms with Crippen LogP contribution in [0, 0.1) is 13.8 Å². The fourth-order valence-electron chi connectivity index (χ4n) is 3.51. The Labute approximate surface area is 166 Å². The minimum absolute atomic E-state index is 0.156. The van der Waals surface area contributed by atoms with Crippen molar-refractivity contribution in [1.82, 2.24) is 10.3 Å². The Morgan fingerprint density at radius 2 is 1.82 bits per heavy atom. The van der Waals surface area contributed by atoms with Gasteiger partial charge in [-0.25, -0.2) is 16.8 Å². The molecular weight excluding hydrogens is 400 g/mol. The largest absolute Gasteiger partial charge is 0.496 e. The highest BCUT2D eigenvalue weighted by atomic mass is 32.2. The summed E-state index contributed by atoms with van der Waals surface area (Å²) in [5.74, 6) is 0.0205. The van der Waals surface area contributed by atoms with Crippen molar-refractivity contribution in [3.8, 4) is 5.75 Å². The molecule has 0 saturated carbocycles. The van der Waals surface area contributed by atoms with E-state index in [1.54, 1.807) is 50.5 Å². The molecule has 0 bridgehead atoms. The molecule has 1 N–H and O–H groups in total. The summed E-state index contributed by atoms with van der Waals surface area (Å²) in [7, 11) is -5.78. The summed E-state index contributed by atoms with van der Waals surface area (Å²) < 4.78 is 56.5. The van der Waals surface area contributed by atoms with E-state index in [9.17, 15) is 16.8 Å². The van der Waals surface area contributed by atoms with Crippen LogP contribution in [0.15, 0.2) is 41.6 Å². The van der Waals surface area contributed by atoms with Crippen LogP contribution in [0.1, 0.15) is 16.7 Å². The highest BCUT2D eigenvalue weighted by molar-refractivity contribution is 7.96. The lowest BCUT2D eigenvalue weighted by Crippen LogP contribution is -2.43. The first-order valence-corrected chi connectivity index (χ1v) is 12.2. The molecule has 2 atom stereocenters. The van der Waals surface area contributed by atoms with E-state index < -0.39 is 31.0 Å². The predicted molar refractivity (Wildman–Crippen MR) is 107 cm³/mol. The highest BCUT2D eigenvalue weighted by Crippen LogP contribution is 2.31. The Bertz CT molecular complexity index is 1070. The maximum absolute atomic E-state index is 13.4. The third-order valence-electron chi connectivity index (χ3n) is 5.02. The van der Waals surface area contributed by atoms with E-state index in [2.05, 4.69) is 10.3 Å². The summed E-state index contributed by atoms with van der Waals surface area (Å²) in [6.07, 6.45) is 3.28. The van der Waals surface area contributed by atoms with Gasteiger partial charge in [-0.1, -0.05) is 0 Å². The van der Waals surface area contributed by atoms with Crippen molar-refractivity contribution in [2.45, 2.75) is 36.6 Å². The van der Waals surface area contributed by atoms with Gasteiger partial charge >= 0.3 is 0 Å². The first-order chi connectivity index (χ1) is 13.1. The second-order valence-electron chi connectivity index (χ2n) is 7.09. The Morgan fingerprint density at radius 3 is 2.46 bits per heavy atom. The van der Waals surface area contributed by atoms with Crippen molar-refractivity contribution in [2.24, 2.45) is 0 Å². The molecule has 1 fully saturated rings. The van der Waals surface area contributed by atoms with Crippen LogP contribution in [0.2, 0.25) is 0 Å². The van der Waals surface area contributed by atoms with E-state index in [1.165, 1.54) is 7.11 Å². The number of aromatic nitrogens is 1. The summed E-state index contributed by atoms with van der Waals surface area (Å²) in [5, 5.41) is 2.09. The number of hydrogen-bond acceptors (Lipinski definition) is 7. The monoisotopic (exact) mass is 424 g/mol. The third kappa shape index (κ3) is 4.21. The molecule has 9 heteroatoms. The normalized spacial score (nSPS) is 21.5. The lowest BCUT2D eigenvalue weighted by atomic mass is 10.1. The number of nitrogens with one attached hydrogen (secondary N) is 1.